The van der Waals surface area contributed by atoms with E-state index in [1.54, 1.807) is 12.1 Å². The lowest BCUT2D eigenvalue weighted by Gasteiger charge is -2.57. The Balaban J connectivity index is 1.11. The van der Waals surface area contributed by atoms with Crippen molar-refractivity contribution in [2.45, 2.75) is 50.5 Å². The number of amides is 4. The van der Waals surface area contributed by atoms with Crippen LogP contribution in [0.2, 0.25) is 0 Å². The minimum absolute atomic E-state index is 0.102. The summed E-state index contributed by atoms with van der Waals surface area (Å²) in [6.45, 7) is 0.453. The van der Waals surface area contributed by atoms with Gasteiger partial charge in [0.1, 0.15) is 5.57 Å². The van der Waals surface area contributed by atoms with Gasteiger partial charge in [-0.3, -0.25) is 14.9 Å². The number of nitrogens with zero attached hydrogens (tertiary/aromatic N) is 3. The zero-order chi connectivity index (χ0) is 30.0. The molecule has 0 radical (unpaired) electrons. The summed E-state index contributed by atoms with van der Waals surface area (Å²) in [4.78, 5) is 40.9. The predicted molar refractivity (Wildman–Crippen MR) is 167 cm³/mol. The molecule has 1 saturated heterocycles. The molecule has 7 heteroatoms. The molecule has 2 heterocycles. The summed E-state index contributed by atoms with van der Waals surface area (Å²) < 4.78 is 2.01. The Morgan fingerprint density at radius 2 is 1.52 bits per heavy atom. The summed E-state index contributed by atoms with van der Waals surface area (Å²) in [6, 6.07) is 24.6. The number of carbonyl (C=O) groups excluding carboxylic acids is 3. The van der Waals surface area contributed by atoms with E-state index in [0.717, 1.165) is 39.1 Å². The van der Waals surface area contributed by atoms with E-state index in [4.69, 9.17) is 0 Å². The van der Waals surface area contributed by atoms with E-state index in [1.807, 2.05) is 65.4 Å². The quantitative estimate of drug-likeness (QED) is 0.210. The molecule has 5 fully saturated rings. The minimum atomic E-state index is -0.741. The number of barbiturate groups is 1. The van der Waals surface area contributed by atoms with Crippen LogP contribution in [-0.4, -0.2) is 22.4 Å². The van der Waals surface area contributed by atoms with Gasteiger partial charge < -0.3 is 4.57 Å². The topological polar surface area (TPSA) is 95.2 Å². The van der Waals surface area contributed by atoms with Crippen molar-refractivity contribution in [2.75, 3.05) is 4.90 Å². The Morgan fingerprint density at radius 1 is 0.864 bits per heavy atom. The molecule has 7 nitrogen and oxygen atoms in total. The van der Waals surface area contributed by atoms with Gasteiger partial charge >= 0.3 is 6.03 Å². The second-order valence-electron chi connectivity index (χ2n) is 13.2. The van der Waals surface area contributed by atoms with E-state index in [1.165, 1.54) is 44.1 Å². The fraction of sp³-hybridized carbons (Fsp3) is 0.297. The molecule has 3 aromatic carbocycles. The number of hydrogen-bond donors (Lipinski definition) is 1. The molecule has 1 N–H and O–H groups in total. The van der Waals surface area contributed by atoms with Crippen LogP contribution in [0.4, 0.5) is 10.5 Å². The zero-order valence-electron chi connectivity index (χ0n) is 24.3. The molecule has 9 rings (SSSR count). The molecule has 0 unspecified atom stereocenters. The van der Waals surface area contributed by atoms with Crippen molar-refractivity contribution in [1.29, 1.82) is 5.26 Å². The van der Waals surface area contributed by atoms with Gasteiger partial charge in [-0.2, -0.15) is 5.26 Å². The predicted octanol–water partition coefficient (Wildman–Crippen LogP) is 6.70. The molecule has 4 aromatic rings. The molecule has 4 bridgehead atoms. The third-order valence-corrected chi connectivity index (χ3v) is 10.5. The van der Waals surface area contributed by atoms with Gasteiger partial charge in [-0.25, -0.2) is 9.69 Å². The van der Waals surface area contributed by atoms with Crippen molar-refractivity contribution < 1.29 is 14.4 Å². The van der Waals surface area contributed by atoms with Gasteiger partial charge in [-0.15, -0.1) is 0 Å². The number of carbonyl (C=O) groups is 3. The van der Waals surface area contributed by atoms with Gasteiger partial charge in [-0.1, -0.05) is 48.5 Å². The van der Waals surface area contributed by atoms with Gasteiger partial charge in [0.05, 0.1) is 17.3 Å². The van der Waals surface area contributed by atoms with E-state index in [-0.39, 0.29) is 11.0 Å². The Kier molecular flexibility index (Phi) is 6.09. The SMILES string of the molecule is N#Cc1ccccc1Cn1cc(/C=C2\C(=O)NC(=O)N(c3ccc(C45CC6CC(CC(C6)C4)C5)cc3)C2=O)c2ccccc21. The van der Waals surface area contributed by atoms with Crippen LogP contribution in [0.3, 0.4) is 0 Å². The number of hydrogen-bond acceptors (Lipinski definition) is 4. The Morgan fingerprint density at radius 3 is 2.23 bits per heavy atom. The normalized spacial score (nSPS) is 26.8. The van der Waals surface area contributed by atoms with E-state index in [9.17, 15) is 19.6 Å². The zero-order valence-corrected chi connectivity index (χ0v) is 24.3. The van der Waals surface area contributed by atoms with Crippen molar-refractivity contribution in [3.8, 4) is 6.07 Å². The summed E-state index contributed by atoms with van der Waals surface area (Å²) in [7, 11) is 0. The maximum Gasteiger partial charge on any atom is 0.335 e. The lowest BCUT2D eigenvalue weighted by molar-refractivity contribution is -0.122. The molecule has 4 amide bonds. The maximum atomic E-state index is 13.8. The Labute approximate surface area is 255 Å². The van der Waals surface area contributed by atoms with Crippen LogP contribution in [0.25, 0.3) is 17.0 Å². The molecule has 44 heavy (non-hydrogen) atoms. The number of anilines is 1. The third kappa shape index (κ3) is 4.28. The monoisotopic (exact) mass is 580 g/mol. The van der Waals surface area contributed by atoms with Crippen LogP contribution in [0.15, 0.2) is 84.6 Å². The highest BCUT2D eigenvalue weighted by atomic mass is 16.2. The molecular weight excluding hydrogens is 548 g/mol. The van der Waals surface area contributed by atoms with Crippen LogP contribution in [-0.2, 0) is 21.5 Å². The fourth-order valence-corrected chi connectivity index (χ4v) is 8.95. The first-order valence-electron chi connectivity index (χ1n) is 15.5. The number of nitriles is 1. The van der Waals surface area contributed by atoms with Gasteiger partial charge in [0.2, 0.25) is 0 Å². The highest BCUT2D eigenvalue weighted by Crippen LogP contribution is 2.60. The summed E-state index contributed by atoms with van der Waals surface area (Å²) in [6.07, 6.45) is 11.3. The Bertz CT molecular complexity index is 1890. The lowest BCUT2D eigenvalue weighted by atomic mass is 9.48. The van der Waals surface area contributed by atoms with E-state index in [0.29, 0.717) is 23.4 Å². The maximum absolute atomic E-state index is 13.8. The van der Waals surface area contributed by atoms with Crippen LogP contribution < -0.4 is 10.2 Å². The number of nitrogens with one attached hydrogen (secondary N) is 1. The first-order chi connectivity index (χ1) is 21.4. The molecule has 218 valence electrons. The van der Waals surface area contributed by atoms with Crippen molar-refractivity contribution in [3.63, 3.8) is 0 Å². The smallest absolute Gasteiger partial charge is 0.335 e. The summed E-state index contributed by atoms with van der Waals surface area (Å²) >= 11 is 0. The van der Waals surface area contributed by atoms with Crippen molar-refractivity contribution in [1.82, 2.24) is 9.88 Å². The average Bonchev–Trinajstić information content (AvgIpc) is 3.36. The van der Waals surface area contributed by atoms with Crippen LogP contribution in [0.1, 0.15) is 60.8 Å². The Hall–Kier alpha value is -4.96. The number of imide groups is 2. The van der Waals surface area contributed by atoms with E-state index < -0.39 is 17.8 Å². The van der Waals surface area contributed by atoms with Gasteiger partial charge in [0.25, 0.3) is 11.8 Å². The first kappa shape index (κ1) is 26.7. The average molecular weight is 581 g/mol. The highest BCUT2D eigenvalue weighted by Gasteiger charge is 2.51. The van der Waals surface area contributed by atoms with Crippen molar-refractivity contribution >= 4 is 40.5 Å². The number of rotatable bonds is 5. The van der Waals surface area contributed by atoms with E-state index in [2.05, 4.69) is 23.5 Å². The molecule has 4 aliphatic carbocycles. The fourth-order valence-electron chi connectivity index (χ4n) is 8.95. The summed E-state index contributed by atoms with van der Waals surface area (Å²) in [5.74, 6) is 1.10. The summed E-state index contributed by atoms with van der Waals surface area (Å²) in [5, 5.41) is 12.8. The largest absolute Gasteiger partial charge is 0.342 e. The molecule has 0 spiro atoms. The molecule has 4 saturated carbocycles. The van der Waals surface area contributed by atoms with Crippen molar-refractivity contribution in [3.05, 3.63) is 107 Å². The van der Waals surface area contributed by atoms with Crippen LogP contribution in [0.5, 0.6) is 0 Å². The molecule has 5 aliphatic rings. The molecular formula is C37H32N4O3. The second-order valence-corrected chi connectivity index (χ2v) is 13.2. The number of benzene rings is 3. The van der Waals surface area contributed by atoms with Gasteiger partial charge in [0, 0.05) is 29.2 Å². The summed E-state index contributed by atoms with van der Waals surface area (Å²) in [5.41, 5.74) is 4.92. The molecule has 0 atom stereocenters. The van der Waals surface area contributed by atoms with Crippen LogP contribution >= 0.6 is 0 Å². The van der Waals surface area contributed by atoms with E-state index >= 15 is 0 Å². The third-order valence-electron chi connectivity index (χ3n) is 10.5. The standard InChI is InChI=1S/C37H32N4O3/c38-20-26-5-1-2-6-27(26)21-40-22-28(31-7-3-4-8-33(31)40)16-32-34(42)39-36(44)41(35(32)43)30-11-9-29(10-12-30)37-17-23-13-24(18-37)15-25(14-23)19-37/h1-12,16,22-25H,13-15,17-19,21H2,(H,39,42,44)/b32-16+. The van der Waals surface area contributed by atoms with Crippen LogP contribution in [0, 0.1) is 29.1 Å². The lowest BCUT2D eigenvalue weighted by Crippen LogP contribution is -2.54. The van der Waals surface area contributed by atoms with Crippen molar-refractivity contribution in [2.24, 2.45) is 17.8 Å². The second kappa shape index (κ2) is 10.1. The minimum Gasteiger partial charge on any atom is -0.342 e. The highest BCUT2D eigenvalue weighted by molar-refractivity contribution is 6.39. The number of fused-ring (bicyclic) bond motifs is 1. The van der Waals surface area contributed by atoms with Gasteiger partial charge in [-0.05, 0) is 103 Å². The van der Waals surface area contributed by atoms with Gasteiger partial charge in [0.15, 0.2) is 0 Å². The first-order valence-corrected chi connectivity index (χ1v) is 15.5. The number of urea groups is 1. The number of para-hydroxylation sites is 1. The molecule has 1 aromatic heterocycles. The number of aromatic nitrogens is 1. The molecule has 1 aliphatic heterocycles.